The Balaban J connectivity index is 1.48. The number of piperazine rings is 1. The van der Waals surface area contributed by atoms with Gasteiger partial charge in [0, 0.05) is 49.4 Å². The molecule has 29 heavy (non-hydrogen) atoms. The molecule has 152 valence electrons. The van der Waals surface area contributed by atoms with Crippen molar-refractivity contribution in [3.05, 3.63) is 59.4 Å². The SMILES string of the molecule is COc1ccc2oc(C(=O)Nc3cccc(CN4CCN(C)CC4)c3)c(C)c2c1. The van der Waals surface area contributed by atoms with Crippen LogP contribution < -0.4 is 10.1 Å². The number of hydrogen-bond donors (Lipinski definition) is 1. The van der Waals surface area contributed by atoms with Gasteiger partial charge >= 0.3 is 0 Å². The van der Waals surface area contributed by atoms with Gasteiger partial charge in [0.15, 0.2) is 5.76 Å². The molecule has 2 aromatic carbocycles. The van der Waals surface area contributed by atoms with Gasteiger partial charge in [0.05, 0.1) is 7.11 Å². The van der Waals surface area contributed by atoms with Crippen LogP contribution in [-0.4, -0.2) is 56.0 Å². The van der Waals surface area contributed by atoms with E-state index in [2.05, 4.69) is 28.2 Å². The van der Waals surface area contributed by atoms with E-state index in [1.54, 1.807) is 7.11 Å². The summed E-state index contributed by atoms with van der Waals surface area (Å²) < 4.78 is 11.1. The molecule has 2 heterocycles. The summed E-state index contributed by atoms with van der Waals surface area (Å²) in [7, 11) is 3.78. The van der Waals surface area contributed by atoms with Crippen LogP contribution in [0, 0.1) is 6.92 Å². The molecule has 6 nitrogen and oxygen atoms in total. The molecule has 0 saturated carbocycles. The van der Waals surface area contributed by atoms with Crippen LogP contribution in [-0.2, 0) is 6.54 Å². The molecule has 1 N–H and O–H groups in total. The fraction of sp³-hybridized carbons (Fsp3) is 0.348. The van der Waals surface area contributed by atoms with E-state index in [9.17, 15) is 4.79 Å². The number of furan rings is 1. The average Bonchev–Trinajstić information content (AvgIpc) is 3.06. The summed E-state index contributed by atoms with van der Waals surface area (Å²) in [6, 6.07) is 13.6. The molecule has 1 aromatic heterocycles. The molecule has 6 heteroatoms. The largest absolute Gasteiger partial charge is 0.497 e. The third-order valence-corrected chi connectivity index (χ3v) is 5.54. The van der Waals surface area contributed by atoms with E-state index in [0.29, 0.717) is 11.3 Å². The van der Waals surface area contributed by atoms with Gasteiger partial charge in [-0.2, -0.15) is 0 Å². The van der Waals surface area contributed by atoms with E-state index in [1.165, 1.54) is 5.56 Å². The molecular weight excluding hydrogens is 366 g/mol. The zero-order valence-corrected chi connectivity index (χ0v) is 17.2. The molecule has 0 radical (unpaired) electrons. The first-order chi connectivity index (χ1) is 14.0. The molecule has 0 atom stereocenters. The highest BCUT2D eigenvalue weighted by Crippen LogP contribution is 2.29. The Hall–Kier alpha value is -2.83. The first kappa shape index (κ1) is 19.5. The summed E-state index contributed by atoms with van der Waals surface area (Å²) in [4.78, 5) is 17.6. The summed E-state index contributed by atoms with van der Waals surface area (Å²) >= 11 is 0. The summed E-state index contributed by atoms with van der Waals surface area (Å²) in [5, 5.41) is 3.87. The van der Waals surface area contributed by atoms with Crippen LogP contribution in [0.2, 0.25) is 0 Å². The van der Waals surface area contributed by atoms with E-state index < -0.39 is 0 Å². The minimum Gasteiger partial charge on any atom is -0.497 e. The zero-order valence-electron chi connectivity index (χ0n) is 17.2. The van der Waals surface area contributed by atoms with E-state index in [4.69, 9.17) is 9.15 Å². The van der Waals surface area contributed by atoms with Crippen molar-refractivity contribution < 1.29 is 13.9 Å². The van der Waals surface area contributed by atoms with E-state index in [0.717, 1.165) is 55.1 Å². The van der Waals surface area contributed by atoms with Crippen LogP contribution in [0.5, 0.6) is 5.75 Å². The van der Waals surface area contributed by atoms with Crippen LogP contribution in [0.1, 0.15) is 21.7 Å². The van der Waals surface area contributed by atoms with Crippen molar-refractivity contribution in [2.45, 2.75) is 13.5 Å². The lowest BCUT2D eigenvalue weighted by Gasteiger charge is -2.32. The Morgan fingerprint density at radius 1 is 1.14 bits per heavy atom. The predicted octanol–water partition coefficient (Wildman–Crippen LogP) is 3.75. The lowest BCUT2D eigenvalue weighted by atomic mass is 10.1. The minimum absolute atomic E-state index is 0.241. The first-order valence-electron chi connectivity index (χ1n) is 9.92. The van der Waals surface area contributed by atoms with E-state index in [1.807, 2.05) is 43.3 Å². The van der Waals surface area contributed by atoms with Crippen molar-refractivity contribution in [1.82, 2.24) is 9.80 Å². The molecule has 3 aromatic rings. The number of methoxy groups -OCH3 is 1. The van der Waals surface area contributed by atoms with Crippen LogP contribution in [0.15, 0.2) is 46.9 Å². The molecule has 0 bridgehead atoms. The Labute approximate surface area is 171 Å². The number of anilines is 1. The molecule has 1 amide bonds. The third kappa shape index (κ3) is 4.28. The Morgan fingerprint density at radius 2 is 1.93 bits per heavy atom. The van der Waals surface area contributed by atoms with Gasteiger partial charge in [0.1, 0.15) is 11.3 Å². The number of fused-ring (bicyclic) bond motifs is 1. The topological polar surface area (TPSA) is 58.0 Å². The number of amides is 1. The zero-order chi connectivity index (χ0) is 20.4. The number of aryl methyl sites for hydroxylation is 1. The molecule has 0 spiro atoms. The smallest absolute Gasteiger partial charge is 0.291 e. The van der Waals surface area contributed by atoms with Crippen molar-refractivity contribution in [3.8, 4) is 5.75 Å². The lowest BCUT2D eigenvalue weighted by molar-refractivity contribution is 0.0998. The van der Waals surface area contributed by atoms with E-state index >= 15 is 0 Å². The second-order valence-electron chi connectivity index (χ2n) is 7.65. The van der Waals surface area contributed by atoms with Gasteiger partial charge in [-0.15, -0.1) is 0 Å². The summed E-state index contributed by atoms with van der Waals surface area (Å²) in [6.45, 7) is 7.09. The van der Waals surface area contributed by atoms with Crippen LogP contribution >= 0.6 is 0 Å². The van der Waals surface area contributed by atoms with Gasteiger partial charge in [0.25, 0.3) is 5.91 Å². The molecule has 1 aliphatic rings. The van der Waals surface area contributed by atoms with E-state index in [-0.39, 0.29) is 5.91 Å². The fourth-order valence-corrected chi connectivity index (χ4v) is 3.74. The van der Waals surface area contributed by atoms with Gasteiger partial charge < -0.3 is 19.4 Å². The van der Waals surface area contributed by atoms with Gasteiger partial charge in [0.2, 0.25) is 0 Å². The maximum absolute atomic E-state index is 12.8. The number of benzene rings is 2. The van der Waals surface area contributed by atoms with Crippen molar-refractivity contribution in [2.24, 2.45) is 0 Å². The number of rotatable bonds is 5. The first-order valence-corrected chi connectivity index (χ1v) is 9.92. The molecular formula is C23H27N3O3. The number of carbonyl (C=O) groups excluding carboxylic acids is 1. The predicted molar refractivity (Wildman–Crippen MR) is 115 cm³/mol. The van der Waals surface area contributed by atoms with Gasteiger partial charge in [-0.1, -0.05) is 12.1 Å². The highest BCUT2D eigenvalue weighted by atomic mass is 16.5. The van der Waals surface area contributed by atoms with Crippen LogP contribution in [0.3, 0.4) is 0 Å². The highest BCUT2D eigenvalue weighted by molar-refractivity contribution is 6.06. The van der Waals surface area contributed by atoms with Gasteiger partial charge in [-0.05, 0) is 49.9 Å². The van der Waals surface area contributed by atoms with Crippen LogP contribution in [0.4, 0.5) is 5.69 Å². The number of ether oxygens (including phenoxy) is 1. The van der Waals surface area contributed by atoms with Crippen LogP contribution in [0.25, 0.3) is 11.0 Å². The second-order valence-corrected chi connectivity index (χ2v) is 7.65. The third-order valence-electron chi connectivity index (χ3n) is 5.54. The Kier molecular flexibility index (Phi) is 5.56. The second kappa shape index (κ2) is 8.27. The average molecular weight is 393 g/mol. The molecule has 0 aliphatic carbocycles. The number of nitrogens with zero attached hydrogens (tertiary/aromatic N) is 2. The minimum atomic E-state index is -0.241. The van der Waals surface area contributed by atoms with Crippen molar-refractivity contribution in [1.29, 1.82) is 0 Å². The summed E-state index contributed by atoms with van der Waals surface area (Å²) in [5.41, 5.74) is 3.46. The molecule has 1 saturated heterocycles. The Bertz CT molecular complexity index is 1020. The van der Waals surface area contributed by atoms with Crippen molar-refractivity contribution >= 4 is 22.6 Å². The normalized spacial score (nSPS) is 15.6. The lowest BCUT2D eigenvalue weighted by Crippen LogP contribution is -2.43. The number of hydrogen-bond acceptors (Lipinski definition) is 5. The molecule has 0 unspecified atom stereocenters. The van der Waals surface area contributed by atoms with Crippen molar-refractivity contribution in [2.75, 3.05) is 45.7 Å². The fourth-order valence-electron chi connectivity index (χ4n) is 3.74. The quantitative estimate of drug-likeness (QED) is 0.715. The monoisotopic (exact) mass is 393 g/mol. The summed E-state index contributed by atoms with van der Waals surface area (Å²) in [6.07, 6.45) is 0. The maximum Gasteiger partial charge on any atom is 0.291 e. The molecule has 4 rings (SSSR count). The maximum atomic E-state index is 12.8. The standard InChI is InChI=1S/C23H27N3O3/c1-16-20-14-19(28-3)7-8-21(20)29-22(16)23(27)24-18-6-4-5-17(13-18)15-26-11-9-25(2)10-12-26/h4-8,13-14H,9-12,15H2,1-3H3,(H,24,27). The summed E-state index contributed by atoms with van der Waals surface area (Å²) in [5.74, 6) is 0.831. The number of carbonyl (C=O) groups is 1. The molecule has 1 fully saturated rings. The highest BCUT2D eigenvalue weighted by Gasteiger charge is 2.19. The number of likely N-dealkylation sites (N-methyl/N-ethyl adjacent to an activating group) is 1. The number of nitrogens with one attached hydrogen (secondary N) is 1. The molecule has 1 aliphatic heterocycles. The Morgan fingerprint density at radius 3 is 2.69 bits per heavy atom. The van der Waals surface area contributed by atoms with Gasteiger partial charge in [-0.3, -0.25) is 9.69 Å². The van der Waals surface area contributed by atoms with Gasteiger partial charge in [-0.25, -0.2) is 0 Å². The van der Waals surface area contributed by atoms with Crippen molar-refractivity contribution in [3.63, 3.8) is 0 Å².